The van der Waals surface area contributed by atoms with Crippen molar-refractivity contribution in [3.05, 3.63) is 66.0 Å². The second kappa shape index (κ2) is 7.69. The lowest BCUT2D eigenvalue weighted by Crippen LogP contribution is -2.43. The molecule has 0 spiro atoms. The number of oxazole rings is 1. The van der Waals surface area contributed by atoms with Gasteiger partial charge in [0, 0.05) is 41.6 Å². The number of rotatable bonds is 5. The first kappa shape index (κ1) is 21.7. The Balaban J connectivity index is 1.17. The van der Waals surface area contributed by atoms with E-state index in [-0.39, 0.29) is 5.91 Å². The molecule has 1 aliphatic heterocycles. The topological polar surface area (TPSA) is 75.7 Å². The van der Waals surface area contributed by atoms with E-state index in [0.29, 0.717) is 22.9 Å². The Bertz CT molecular complexity index is 1490. The number of fused-ring (bicyclic) bond motifs is 3. The fourth-order valence-electron chi connectivity index (χ4n) is 6.34. The van der Waals surface area contributed by atoms with Crippen LogP contribution < -0.4 is 10.2 Å². The number of aromatic nitrogens is 3. The Kier molecular flexibility index (Phi) is 4.63. The zero-order valence-electron chi connectivity index (χ0n) is 21.0. The number of nitrogens with zero attached hydrogens (tertiary/aromatic N) is 4. The third kappa shape index (κ3) is 3.52. The molecule has 7 heteroatoms. The van der Waals surface area contributed by atoms with Gasteiger partial charge in [0.05, 0.1) is 17.3 Å². The number of nitrogens with one attached hydrogen (secondary N) is 1. The van der Waals surface area contributed by atoms with Crippen molar-refractivity contribution < 1.29 is 9.21 Å². The van der Waals surface area contributed by atoms with Crippen LogP contribution in [-0.2, 0) is 0 Å². The Hall–Kier alpha value is -3.61. The Morgan fingerprint density at radius 2 is 2.06 bits per heavy atom. The molecule has 36 heavy (non-hydrogen) atoms. The maximum Gasteiger partial charge on any atom is 0.259 e. The molecule has 1 saturated heterocycles. The summed E-state index contributed by atoms with van der Waals surface area (Å²) in [6.07, 6.45) is 10.2. The highest BCUT2D eigenvalue weighted by molar-refractivity contribution is 6.09. The van der Waals surface area contributed by atoms with Crippen LogP contribution in [-0.4, -0.2) is 33.1 Å². The lowest BCUT2D eigenvalue weighted by Gasteiger charge is -2.40. The summed E-state index contributed by atoms with van der Waals surface area (Å²) in [6.45, 7) is 7.84. The summed E-state index contributed by atoms with van der Waals surface area (Å²) in [4.78, 5) is 20.6. The summed E-state index contributed by atoms with van der Waals surface area (Å²) in [5.41, 5.74) is 6.38. The number of benzene rings is 1. The van der Waals surface area contributed by atoms with E-state index in [0.717, 1.165) is 59.2 Å². The van der Waals surface area contributed by atoms with Crippen molar-refractivity contribution in [3.63, 3.8) is 0 Å². The molecule has 3 fully saturated rings. The maximum atomic E-state index is 13.4. The third-order valence-electron chi connectivity index (χ3n) is 8.42. The first-order valence-corrected chi connectivity index (χ1v) is 13.0. The van der Waals surface area contributed by atoms with Crippen molar-refractivity contribution in [1.29, 1.82) is 0 Å². The largest absolute Gasteiger partial charge is 0.448 e. The zero-order chi connectivity index (χ0) is 24.6. The molecule has 4 heterocycles. The quantitative estimate of drug-likeness (QED) is 0.375. The van der Waals surface area contributed by atoms with Crippen LogP contribution in [0.3, 0.4) is 0 Å². The first-order chi connectivity index (χ1) is 17.4. The highest BCUT2D eigenvalue weighted by Gasteiger charge is 2.49. The van der Waals surface area contributed by atoms with Crippen LogP contribution >= 0.6 is 0 Å². The van der Waals surface area contributed by atoms with Crippen LogP contribution in [0.1, 0.15) is 67.3 Å². The number of anilines is 2. The summed E-state index contributed by atoms with van der Waals surface area (Å²) in [7, 11) is 0. The van der Waals surface area contributed by atoms with Crippen molar-refractivity contribution >= 4 is 22.8 Å². The van der Waals surface area contributed by atoms with Crippen molar-refractivity contribution in [2.75, 3.05) is 16.8 Å². The van der Waals surface area contributed by atoms with Gasteiger partial charge in [0.25, 0.3) is 5.91 Å². The summed E-state index contributed by atoms with van der Waals surface area (Å²) in [6, 6.07) is 10.8. The Labute approximate surface area is 210 Å². The molecule has 1 amide bonds. The highest BCUT2D eigenvalue weighted by atomic mass is 16.3. The van der Waals surface area contributed by atoms with Crippen LogP contribution in [0.25, 0.3) is 16.8 Å². The molecule has 1 aromatic carbocycles. The molecule has 1 N–H and O–H groups in total. The van der Waals surface area contributed by atoms with E-state index < -0.39 is 0 Å². The molecule has 2 atom stereocenters. The minimum atomic E-state index is -0.163. The lowest BCUT2D eigenvalue weighted by atomic mass is 9.83. The predicted molar refractivity (Wildman–Crippen MR) is 139 cm³/mol. The number of carbonyl (C=O) groups is 1. The SMILES string of the molecule is Cc1ccc(-c2coc(C3CC3)n2)cc1NC(=O)c1cnn2ccc(N3CC4CC3C(C)(C)C4)cc12. The molecule has 2 aliphatic carbocycles. The van der Waals surface area contributed by atoms with E-state index in [1.165, 1.54) is 18.5 Å². The van der Waals surface area contributed by atoms with E-state index in [1.54, 1.807) is 17.0 Å². The van der Waals surface area contributed by atoms with E-state index in [9.17, 15) is 4.79 Å². The number of carbonyl (C=O) groups excluding carboxylic acids is 1. The fraction of sp³-hybridized carbons (Fsp3) is 0.414. The van der Waals surface area contributed by atoms with Gasteiger partial charge in [-0.3, -0.25) is 4.79 Å². The molecule has 3 aliphatic rings. The number of amides is 1. The molecule has 2 bridgehead atoms. The van der Waals surface area contributed by atoms with Crippen LogP contribution in [0.2, 0.25) is 0 Å². The molecule has 7 nitrogen and oxygen atoms in total. The summed E-state index contributed by atoms with van der Waals surface area (Å²) in [5.74, 6) is 1.87. The standard InChI is InChI=1S/C29H31N5O2/c1-17-4-5-20(24-16-36-28(32-24)19-6-7-19)11-23(17)31-27(35)22-14-30-34-9-8-21(12-25(22)34)33-15-18-10-26(33)29(2,3)13-18/h4-5,8-9,11-12,14,16,18-19,26H,6-7,10,13,15H2,1-3H3,(H,31,35). The van der Waals surface area contributed by atoms with Gasteiger partial charge in [0.1, 0.15) is 12.0 Å². The molecule has 3 aromatic heterocycles. The Morgan fingerprint density at radius 1 is 1.19 bits per heavy atom. The van der Waals surface area contributed by atoms with Gasteiger partial charge in [-0.05, 0) is 67.7 Å². The molecular formula is C29H31N5O2. The van der Waals surface area contributed by atoms with Crippen LogP contribution in [0.5, 0.6) is 0 Å². The number of aryl methyl sites for hydroxylation is 1. The molecule has 4 aromatic rings. The van der Waals surface area contributed by atoms with Crippen molar-refractivity contribution in [2.24, 2.45) is 11.3 Å². The summed E-state index contributed by atoms with van der Waals surface area (Å²) < 4.78 is 7.46. The number of hydrogen-bond acceptors (Lipinski definition) is 5. The first-order valence-electron chi connectivity index (χ1n) is 13.0. The van der Waals surface area contributed by atoms with Gasteiger partial charge in [0.2, 0.25) is 0 Å². The summed E-state index contributed by atoms with van der Waals surface area (Å²) >= 11 is 0. The van der Waals surface area contributed by atoms with E-state index in [2.05, 4.69) is 46.3 Å². The molecule has 2 saturated carbocycles. The predicted octanol–water partition coefficient (Wildman–Crippen LogP) is 6.05. The average Bonchev–Trinajstić information content (AvgIpc) is 3.20. The van der Waals surface area contributed by atoms with Crippen LogP contribution in [0.4, 0.5) is 11.4 Å². The minimum Gasteiger partial charge on any atom is -0.448 e. The maximum absolute atomic E-state index is 13.4. The van der Waals surface area contributed by atoms with Crippen molar-refractivity contribution in [2.45, 2.75) is 58.4 Å². The van der Waals surface area contributed by atoms with Gasteiger partial charge < -0.3 is 14.6 Å². The zero-order valence-corrected chi connectivity index (χ0v) is 21.0. The van der Waals surface area contributed by atoms with Gasteiger partial charge in [0.15, 0.2) is 5.89 Å². The Morgan fingerprint density at radius 3 is 2.83 bits per heavy atom. The molecular weight excluding hydrogens is 450 g/mol. The molecule has 0 radical (unpaired) electrons. The smallest absolute Gasteiger partial charge is 0.259 e. The van der Waals surface area contributed by atoms with Gasteiger partial charge in [-0.15, -0.1) is 0 Å². The second-order valence-corrected chi connectivity index (χ2v) is 11.6. The average molecular weight is 482 g/mol. The van der Waals surface area contributed by atoms with Crippen molar-refractivity contribution in [3.8, 4) is 11.3 Å². The third-order valence-corrected chi connectivity index (χ3v) is 8.42. The lowest BCUT2D eigenvalue weighted by molar-refractivity contribution is 0.102. The van der Waals surface area contributed by atoms with Crippen molar-refractivity contribution in [1.82, 2.24) is 14.6 Å². The number of pyridine rings is 1. The van der Waals surface area contributed by atoms with Gasteiger partial charge >= 0.3 is 0 Å². The molecule has 2 unspecified atom stereocenters. The van der Waals surface area contributed by atoms with Crippen LogP contribution in [0, 0.1) is 18.3 Å². The van der Waals surface area contributed by atoms with Crippen LogP contribution in [0.15, 0.2) is 53.4 Å². The van der Waals surface area contributed by atoms with E-state index in [4.69, 9.17) is 4.42 Å². The monoisotopic (exact) mass is 481 g/mol. The second-order valence-electron chi connectivity index (χ2n) is 11.6. The molecule has 184 valence electrons. The van der Waals surface area contributed by atoms with E-state index >= 15 is 0 Å². The number of piperidine rings is 1. The summed E-state index contributed by atoms with van der Waals surface area (Å²) in [5, 5.41) is 7.57. The van der Waals surface area contributed by atoms with Gasteiger partial charge in [-0.25, -0.2) is 9.50 Å². The fourth-order valence-corrected chi connectivity index (χ4v) is 6.34. The van der Waals surface area contributed by atoms with Gasteiger partial charge in [-0.2, -0.15) is 5.10 Å². The highest BCUT2D eigenvalue weighted by Crippen LogP contribution is 2.51. The van der Waals surface area contributed by atoms with Gasteiger partial charge in [-0.1, -0.05) is 26.0 Å². The minimum absolute atomic E-state index is 0.163. The van der Waals surface area contributed by atoms with E-state index in [1.807, 2.05) is 31.3 Å². The molecule has 7 rings (SSSR count). The normalized spacial score (nSPS) is 22.5. The number of hydrogen-bond donors (Lipinski definition) is 1.